The topological polar surface area (TPSA) is 72.2 Å². The van der Waals surface area contributed by atoms with Crippen molar-refractivity contribution in [1.29, 1.82) is 0 Å². The summed E-state index contributed by atoms with van der Waals surface area (Å²) in [5.41, 5.74) is 5.49. The second kappa shape index (κ2) is 22.1. The average molecular weight is 369 g/mol. The Balaban J connectivity index is 3.14. The van der Waals surface area contributed by atoms with Crippen molar-refractivity contribution in [2.45, 2.75) is 116 Å². The quantitative estimate of drug-likeness (QED) is 0.214. The average Bonchev–Trinajstić information content (AvgIpc) is 2.65. The second-order valence-electron chi connectivity index (χ2n) is 7.50. The predicted octanol–water partition coefficient (Wildman–Crippen LogP) is 5.28. The van der Waals surface area contributed by atoms with E-state index in [0.717, 1.165) is 51.5 Å². The summed E-state index contributed by atoms with van der Waals surface area (Å²) in [5, 5.41) is 3.04. The van der Waals surface area contributed by atoms with Crippen molar-refractivity contribution < 1.29 is 9.59 Å². The van der Waals surface area contributed by atoms with E-state index < -0.39 is 0 Å². The van der Waals surface area contributed by atoms with Gasteiger partial charge in [0.15, 0.2) is 0 Å². The van der Waals surface area contributed by atoms with E-state index in [2.05, 4.69) is 5.32 Å². The molecule has 154 valence electrons. The van der Waals surface area contributed by atoms with Crippen molar-refractivity contribution in [3.05, 3.63) is 0 Å². The number of rotatable bonds is 21. The Kier molecular flexibility index (Phi) is 21.4. The van der Waals surface area contributed by atoms with Crippen LogP contribution in [-0.2, 0) is 9.59 Å². The van der Waals surface area contributed by atoms with E-state index in [1.807, 2.05) is 0 Å². The number of aldehydes is 1. The third kappa shape index (κ3) is 21.1. The molecule has 0 atom stereocenters. The normalized spacial score (nSPS) is 10.8. The smallest absolute Gasteiger partial charge is 0.219 e. The first kappa shape index (κ1) is 25.1. The van der Waals surface area contributed by atoms with Crippen molar-refractivity contribution in [2.24, 2.45) is 5.73 Å². The highest BCUT2D eigenvalue weighted by Crippen LogP contribution is 2.10. The molecule has 0 bridgehead atoms. The molecule has 0 spiro atoms. The van der Waals surface area contributed by atoms with E-state index in [-0.39, 0.29) is 5.91 Å². The summed E-state index contributed by atoms with van der Waals surface area (Å²) in [6.07, 6.45) is 21.8. The molecule has 26 heavy (non-hydrogen) atoms. The van der Waals surface area contributed by atoms with Crippen molar-refractivity contribution in [1.82, 2.24) is 5.32 Å². The Morgan fingerprint density at radius 1 is 0.654 bits per heavy atom. The van der Waals surface area contributed by atoms with Crippen LogP contribution in [-0.4, -0.2) is 25.3 Å². The highest BCUT2D eigenvalue weighted by Gasteiger charge is 2.00. The number of unbranched alkanes of at least 4 members (excludes halogenated alkanes) is 15. The first-order valence-electron chi connectivity index (χ1n) is 11.2. The molecule has 0 rings (SSSR count). The molecule has 1 amide bonds. The standard InChI is InChI=1S/C22H44N2O2/c23-19-15-11-7-3-1-2-4-8-12-16-20-24-22(26)18-14-10-6-5-9-13-17-21-25/h21H,1-20,23H2,(H,24,26). The SMILES string of the molecule is NCCCCCCCCCCCCNC(=O)CCCCCCCCC=O. The van der Waals surface area contributed by atoms with Crippen molar-refractivity contribution >= 4 is 12.2 Å². The molecule has 4 heteroatoms. The number of nitrogens with one attached hydrogen (secondary N) is 1. The fraction of sp³-hybridized carbons (Fsp3) is 0.909. The van der Waals surface area contributed by atoms with Crippen LogP contribution in [0.3, 0.4) is 0 Å². The molecule has 0 aliphatic heterocycles. The monoisotopic (exact) mass is 368 g/mol. The molecule has 0 heterocycles. The molecule has 0 fully saturated rings. The highest BCUT2D eigenvalue weighted by molar-refractivity contribution is 5.75. The minimum absolute atomic E-state index is 0.212. The van der Waals surface area contributed by atoms with Crippen molar-refractivity contribution in [3.63, 3.8) is 0 Å². The van der Waals surface area contributed by atoms with Gasteiger partial charge in [-0.3, -0.25) is 4.79 Å². The van der Waals surface area contributed by atoms with E-state index in [4.69, 9.17) is 5.73 Å². The zero-order valence-electron chi connectivity index (χ0n) is 17.1. The van der Waals surface area contributed by atoms with E-state index >= 15 is 0 Å². The van der Waals surface area contributed by atoms with Gasteiger partial charge in [0.1, 0.15) is 6.29 Å². The van der Waals surface area contributed by atoms with Gasteiger partial charge in [-0.15, -0.1) is 0 Å². The molecular formula is C22H44N2O2. The number of hydrogen-bond acceptors (Lipinski definition) is 3. The van der Waals surface area contributed by atoms with E-state index in [0.29, 0.717) is 12.8 Å². The van der Waals surface area contributed by atoms with Gasteiger partial charge in [0.05, 0.1) is 0 Å². The highest BCUT2D eigenvalue weighted by atomic mass is 16.1. The lowest BCUT2D eigenvalue weighted by Crippen LogP contribution is -2.23. The van der Waals surface area contributed by atoms with Gasteiger partial charge in [0.25, 0.3) is 0 Å². The number of amides is 1. The second-order valence-corrected chi connectivity index (χ2v) is 7.50. The summed E-state index contributed by atoms with van der Waals surface area (Å²) in [6.45, 7) is 1.67. The predicted molar refractivity (Wildman–Crippen MR) is 111 cm³/mol. The summed E-state index contributed by atoms with van der Waals surface area (Å²) in [5.74, 6) is 0.212. The molecule has 0 aliphatic carbocycles. The van der Waals surface area contributed by atoms with Crippen LogP contribution >= 0.6 is 0 Å². The maximum Gasteiger partial charge on any atom is 0.219 e. The molecule has 0 aromatic heterocycles. The van der Waals surface area contributed by atoms with Gasteiger partial charge in [-0.25, -0.2) is 0 Å². The van der Waals surface area contributed by atoms with Crippen molar-refractivity contribution in [2.75, 3.05) is 13.1 Å². The number of carbonyl (C=O) groups excluding carboxylic acids is 2. The van der Waals surface area contributed by atoms with Crippen LogP contribution in [0.2, 0.25) is 0 Å². The number of carbonyl (C=O) groups is 2. The maximum absolute atomic E-state index is 11.7. The molecule has 0 unspecified atom stereocenters. The van der Waals surface area contributed by atoms with Crippen LogP contribution in [0.1, 0.15) is 116 Å². The van der Waals surface area contributed by atoms with Gasteiger partial charge in [0.2, 0.25) is 5.91 Å². The Morgan fingerprint density at radius 2 is 1.12 bits per heavy atom. The summed E-state index contributed by atoms with van der Waals surface area (Å²) in [4.78, 5) is 21.9. The molecule has 0 saturated carbocycles. The van der Waals surface area contributed by atoms with Gasteiger partial charge in [-0.1, -0.05) is 77.0 Å². The van der Waals surface area contributed by atoms with Crippen LogP contribution in [0.25, 0.3) is 0 Å². The zero-order valence-corrected chi connectivity index (χ0v) is 17.1. The van der Waals surface area contributed by atoms with Gasteiger partial charge in [-0.05, 0) is 32.2 Å². The first-order chi connectivity index (χ1) is 12.8. The number of nitrogens with two attached hydrogens (primary N) is 1. The molecule has 0 radical (unpaired) electrons. The van der Waals surface area contributed by atoms with E-state index in [1.165, 1.54) is 70.6 Å². The van der Waals surface area contributed by atoms with Crippen molar-refractivity contribution in [3.8, 4) is 0 Å². The lowest BCUT2D eigenvalue weighted by molar-refractivity contribution is -0.121. The summed E-state index contributed by atoms with van der Waals surface area (Å²) < 4.78 is 0. The van der Waals surface area contributed by atoms with E-state index in [9.17, 15) is 9.59 Å². The Labute approximate surface area is 162 Å². The first-order valence-corrected chi connectivity index (χ1v) is 11.2. The summed E-state index contributed by atoms with van der Waals surface area (Å²) in [6, 6.07) is 0. The lowest BCUT2D eigenvalue weighted by atomic mass is 10.1. The third-order valence-corrected chi connectivity index (χ3v) is 4.93. The van der Waals surface area contributed by atoms with Gasteiger partial charge in [0, 0.05) is 19.4 Å². The molecule has 0 aromatic rings. The molecule has 0 aromatic carbocycles. The third-order valence-electron chi connectivity index (χ3n) is 4.93. The van der Waals surface area contributed by atoms with Crippen LogP contribution in [0, 0.1) is 0 Å². The lowest BCUT2D eigenvalue weighted by Gasteiger charge is -2.06. The van der Waals surface area contributed by atoms with Gasteiger partial charge in [-0.2, -0.15) is 0 Å². The summed E-state index contributed by atoms with van der Waals surface area (Å²) >= 11 is 0. The molecule has 3 N–H and O–H groups in total. The van der Waals surface area contributed by atoms with Crippen LogP contribution in [0.4, 0.5) is 0 Å². The maximum atomic E-state index is 11.7. The molecule has 4 nitrogen and oxygen atoms in total. The van der Waals surface area contributed by atoms with Crippen LogP contribution in [0.15, 0.2) is 0 Å². The van der Waals surface area contributed by atoms with Crippen LogP contribution in [0.5, 0.6) is 0 Å². The minimum Gasteiger partial charge on any atom is -0.356 e. The van der Waals surface area contributed by atoms with Gasteiger partial charge < -0.3 is 15.8 Å². The Bertz CT molecular complexity index is 309. The number of hydrogen-bond donors (Lipinski definition) is 2. The summed E-state index contributed by atoms with van der Waals surface area (Å²) in [7, 11) is 0. The Hall–Kier alpha value is -0.900. The van der Waals surface area contributed by atoms with E-state index in [1.54, 1.807) is 0 Å². The molecule has 0 saturated heterocycles. The van der Waals surface area contributed by atoms with Crippen LogP contribution < -0.4 is 11.1 Å². The van der Waals surface area contributed by atoms with Gasteiger partial charge >= 0.3 is 0 Å². The largest absolute Gasteiger partial charge is 0.356 e. The fourth-order valence-corrected chi connectivity index (χ4v) is 3.22. The molecular weight excluding hydrogens is 324 g/mol. The Morgan fingerprint density at radius 3 is 1.65 bits per heavy atom. The minimum atomic E-state index is 0.212. The zero-order chi connectivity index (χ0) is 19.1. The molecule has 0 aliphatic rings. The fourth-order valence-electron chi connectivity index (χ4n) is 3.22.